The number of benzene rings is 2. The maximum absolute atomic E-state index is 8.37. The quantitative estimate of drug-likeness (QED) is 0.642. The number of hydrogen-bond donors (Lipinski definition) is 1. The van der Waals surface area contributed by atoms with E-state index in [4.69, 9.17) is 21.7 Å². The first-order valence-corrected chi connectivity index (χ1v) is 8.19. The number of aromatic nitrogens is 2. The van der Waals surface area contributed by atoms with Gasteiger partial charge in [0.25, 0.3) is 0 Å². The van der Waals surface area contributed by atoms with Gasteiger partial charge in [-0.15, -0.1) is 12.4 Å². The summed E-state index contributed by atoms with van der Waals surface area (Å²) >= 11 is 5.86. The summed E-state index contributed by atoms with van der Waals surface area (Å²) in [7, 11) is 0. The van der Waals surface area contributed by atoms with Gasteiger partial charge >= 0.3 is 0 Å². The number of rotatable bonds is 6. The van der Waals surface area contributed by atoms with Crippen molar-refractivity contribution in [1.82, 2.24) is 9.13 Å². The molecule has 0 unspecified atom stereocenters. The molecule has 3 rings (SSSR count). The zero-order valence-electron chi connectivity index (χ0n) is 13.5. The van der Waals surface area contributed by atoms with Gasteiger partial charge in [0, 0.05) is 18.1 Å². The number of para-hydroxylation sites is 2. The first-order valence-electron chi connectivity index (χ1n) is 7.81. The lowest BCUT2D eigenvalue weighted by Gasteiger charge is -2.07. The van der Waals surface area contributed by atoms with Gasteiger partial charge in [-0.2, -0.15) is 0 Å². The zero-order chi connectivity index (χ0) is 16.2. The lowest BCUT2D eigenvalue weighted by molar-refractivity contribution is 0.301. The maximum atomic E-state index is 8.37. The summed E-state index contributed by atoms with van der Waals surface area (Å²) in [6.45, 7) is 4.24. The molecule has 0 aliphatic rings. The van der Waals surface area contributed by atoms with Crippen LogP contribution in [0.5, 0.6) is 5.75 Å². The van der Waals surface area contributed by atoms with Gasteiger partial charge in [-0.1, -0.05) is 23.7 Å². The van der Waals surface area contributed by atoms with Crippen LogP contribution in [0.3, 0.4) is 0 Å². The fraction of sp³-hybridized carbons (Fsp3) is 0.278. The Morgan fingerprint density at radius 1 is 1.00 bits per heavy atom. The van der Waals surface area contributed by atoms with Crippen LogP contribution in [0.4, 0.5) is 0 Å². The number of halogens is 2. The third-order valence-corrected chi connectivity index (χ3v) is 4.15. The lowest BCUT2D eigenvalue weighted by Crippen LogP contribution is -2.24. The molecule has 128 valence electrons. The molecule has 0 atom stereocenters. The van der Waals surface area contributed by atoms with Crippen LogP contribution in [0.2, 0.25) is 5.02 Å². The molecule has 3 aromatic rings. The number of nitrogens with one attached hydrogen (secondary N) is 1. The Morgan fingerprint density at radius 2 is 1.62 bits per heavy atom. The predicted octanol–water partition coefficient (Wildman–Crippen LogP) is 4.49. The van der Waals surface area contributed by atoms with E-state index in [-0.39, 0.29) is 12.4 Å². The van der Waals surface area contributed by atoms with Crippen molar-refractivity contribution in [3.63, 3.8) is 0 Å². The van der Waals surface area contributed by atoms with Crippen molar-refractivity contribution in [3.05, 3.63) is 59.2 Å². The highest BCUT2D eigenvalue weighted by atomic mass is 35.5. The van der Waals surface area contributed by atoms with E-state index < -0.39 is 0 Å². The van der Waals surface area contributed by atoms with Crippen LogP contribution in [0.1, 0.15) is 13.3 Å². The molecular formula is C18H21Cl2N3O. The average Bonchev–Trinajstić information content (AvgIpc) is 2.84. The molecule has 0 fully saturated rings. The van der Waals surface area contributed by atoms with E-state index in [1.165, 1.54) is 0 Å². The molecule has 24 heavy (non-hydrogen) atoms. The molecule has 2 aromatic carbocycles. The smallest absolute Gasteiger partial charge is 0.202 e. The molecule has 0 saturated carbocycles. The van der Waals surface area contributed by atoms with Crippen LogP contribution in [-0.2, 0) is 13.1 Å². The van der Waals surface area contributed by atoms with Gasteiger partial charge in [-0.3, -0.25) is 5.41 Å². The Balaban J connectivity index is 0.00000208. The Bertz CT molecular complexity index is 853. The van der Waals surface area contributed by atoms with Gasteiger partial charge in [0.2, 0.25) is 5.62 Å². The monoisotopic (exact) mass is 365 g/mol. The van der Waals surface area contributed by atoms with Crippen LogP contribution in [-0.4, -0.2) is 15.7 Å². The number of hydrogen-bond acceptors (Lipinski definition) is 2. The van der Waals surface area contributed by atoms with E-state index in [1.807, 2.05) is 45.5 Å². The molecule has 1 aromatic heterocycles. The fourth-order valence-corrected chi connectivity index (χ4v) is 2.91. The predicted molar refractivity (Wildman–Crippen MR) is 100 cm³/mol. The van der Waals surface area contributed by atoms with Crippen LogP contribution in [0.25, 0.3) is 11.0 Å². The minimum atomic E-state index is 0. The zero-order valence-corrected chi connectivity index (χ0v) is 15.1. The Labute approximate surface area is 152 Å². The minimum absolute atomic E-state index is 0. The van der Waals surface area contributed by atoms with Crippen LogP contribution in [0.15, 0.2) is 48.5 Å². The molecule has 0 spiro atoms. The summed E-state index contributed by atoms with van der Waals surface area (Å²) in [5.74, 6) is 0.821. The van der Waals surface area contributed by atoms with Crippen LogP contribution in [0, 0.1) is 5.41 Å². The summed E-state index contributed by atoms with van der Waals surface area (Å²) in [5.41, 5.74) is 2.75. The van der Waals surface area contributed by atoms with E-state index in [9.17, 15) is 0 Å². The Hall–Kier alpha value is -1.91. The van der Waals surface area contributed by atoms with Gasteiger partial charge in [0.15, 0.2) is 0 Å². The molecule has 6 heteroatoms. The lowest BCUT2D eigenvalue weighted by atomic mass is 10.3. The van der Waals surface area contributed by atoms with Gasteiger partial charge < -0.3 is 13.9 Å². The first-order chi connectivity index (χ1) is 11.2. The first kappa shape index (κ1) is 18.4. The number of imidazole rings is 1. The second-order valence-electron chi connectivity index (χ2n) is 5.36. The molecule has 0 bridgehead atoms. The molecule has 0 aliphatic heterocycles. The molecule has 1 N–H and O–H groups in total. The summed E-state index contributed by atoms with van der Waals surface area (Å²) in [6, 6.07) is 15.6. The molecule has 0 aliphatic carbocycles. The third-order valence-electron chi connectivity index (χ3n) is 3.90. The van der Waals surface area contributed by atoms with Crippen LogP contribution >= 0.6 is 24.0 Å². The van der Waals surface area contributed by atoms with Gasteiger partial charge in [0.1, 0.15) is 5.75 Å². The van der Waals surface area contributed by atoms with Crippen molar-refractivity contribution < 1.29 is 4.74 Å². The number of fused-ring (bicyclic) bond motifs is 1. The van der Waals surface area contributed by atoms with Crippen molar-refractivity contribution in [3.8, 4) is 5.75 Å². The van der Waals surface area contributed by atoms with Gasteiger partial charge in [-0.05, 0) is 49.7 Å². The van der Waals surface area contributed by atoms with Crippen molar-refractivity contribution >= 4 is 35.0 Å². The van der Waals surface area contributed by atoms with Gasteiger partial charge in [0.05, 0.1) is 17.6 Å². The van der Waals surface area contributed by atoms with E-state index in [1.54, 1.807) is 0 Å². The van der Waals surface area contributed by atoms with Crippen molar-refractivity contribution in [2.45, 2.75) is 26.4 Å². The standard InChI is InChI=1S/C18H20ClN3O.ClH/c1-2-21-16-6-3-4-7-17(16)22(18(21)20)12-5-13-23-15-10-8-14(19)9-11-15;/h3-4,6-11,20H,2,5,12-13H2,1H3;1H. The largest absolute Gasteiger partial charge is 0.494 e. The highest BCUT2D eigenvalue weighted by Crippen LogP contribution is 2.16. The fourth-order valence-electron chi connectivity index (χ4n) is 2.78. The number of ether oxygens (including phenoxy) is 1. The third kappa shape index (κ3) is 3.77. The highest BCUT2D eigenvalue weighted by molar-refractivity contribution is 6.30. The normalized spacial score (nSPS) is 10.6. The van der Waals surface area contributed by atoms with E-state index in [2.05, 4.69) is 19.1 Å². The molecule has 1 heterocycles. The number of nitrogens with zero attached hydrogens (tertiary/aromatic N) is 2. The summed E-state index contributed by atoms with van der Waals surface area (Å²) in [5, 5.41) is 9.08. The summed E-state index contributed by atoms with van der Waals surface area (Å²) in [6.07, 6.45) is 0.844. The van der Waals surface area contributed by atoms with E-state index in [0.29, 0.717) is 17.2 Å². The Morgan fingerprint density at radius 3 is 2.25 bits per heavy atom. The highest BCUT2D eigenvalue weighted by Gasteiger charge is 2.08. The van der Waals surface area contributed by atoms with Crippen molar-refractivity contribution in [2.24, 2.45) is 0 Å². The topological polar surface area (TPSA) is 42.9 Å². The molecule has 0 radical (unpaired) electrons. The molecule has 0 saturated heterocycles. The summed E-state index contributed by atoms with van der Waals surface area (Å²) in [4.78, 5) is 0. The minimum Gasteiger partial charge on any atom is -0.494 e. The second-order valence-corrected chi connectivity index (χ2v) is 5.80. The Kier molecular flexibility index (Phi) is 6.35. The van der Waals surface area contributed by atoms with Crippen molar-refractivity contribution in [1.29, 1.82) is 5.41 Å². The molecular weight excluding hydrogens is 345 g/mol. The van der Waals surface area contributed by atoms with Crippen LogP contribution < -0.4 is 10.4 Å². The molecule has 0 amide bonds. The number of aryl methyl sites for hydroxylation is 2. The van der Waals surface area contributed by atoms with E-state index >= 15 is 0 Å². The SMILES string of the molecule is CCn1c(=N)n(CCCOc2ccc(Cl)cc2)c2ccccc21.Cl. The molecule has 4 nitrogen and oxygen atoms in total. The van der Waals surface area contributed by atoms with Crippen molar-refractivity contribution in [2.75, 3.05) is 6.61 Å². The van der Waals surface area contributed by atoms with Gasteiger partial charge in [-0.25, -0.2) is 0 Å². The maximum Gasteiger partial charge on any atom is 0.202 e. The second kappa shape index (κ2) is 8.27. The van der Waals surface area contributed by atoms with E-state index in [0.717, 1.165) is 36.3 Å². The average molecular weight is 366 g/mol. The summed E-state index contributed by atoms with van der Waals surface area (Å²) < 4.78 is 9.80.